The van der Waals surface area contributed by atoms with E-state index in [2.05, 4.69) is 5.16 Å². The third-order valence-electron chi connectivity index (χ3n) is 3.19. The van der Waals surface area contributed by atoms with Crippen LogP contribution in [0.2, 0.25) is 10.0 Å². The predicted molar refractivity (Wildman–Crippen MR) is 65.6 cm³/mol. The zero-order valence-corrected chi connectivity index (χ0v) is 10.3. The van der Waals surface area contributed by atoms with Crippen LogP contribution in [0.1, 0.15) is 18.4 Å². The van der Waals surface area contributed by atoms with Crippen LogP contribution < -0.4 is 0 Å². The largest absolute Gasteiger partial charge is 0.391 e. The Kier molecular flexibility index (Phi) is 2.60. The standard InChI is InChI=1S/C12H9Cl2NO2/c13-6-2-1-3-7(14)10(6)12-11-8(16)4-5-9(11)17-15-12/h1-3,9,11H,4-5H2/t9-,11+/m0/s1. The van der Waals surface area contributed by atoms with E-state index in [1.165, 1.54) is 0 Å². The van der Waals surface area contributed by atoms with Crippen molar-refractivity contribution in [1.82, 2.24) is 0 Å². The van der Waals surface area contributed by atoms with Crippen LogP contribution in [0.25, 0.3) is 0 Å². The van der Waals surface area contributed by atoms with E-state index >= 15 is 0 Å². The Labute approximate surface area is 108 Å². The van der Waals surface area contributed by atoms with E-state index < -0.39 is 0 Å². The van der Waals surface area contributed by atoms with Gasteiger partial charge in [-0.2, -0.15) is 0 Å². The van der Waals surface area contributed by atoms with E-state index in [-0.39, 0.29) is 17.8 Å². The van der Waals surface area contributed by atoms with E-state index in [9.17, 15) is 4.79 Å². The summed E-state index contributed by atoms with van der Waals surface area (Å²) in [5.41, 5.74) is 1.20. The number of halogens is 2. The molecule has 1 heterocycles. The molecule has 0 radical (unpaired) electrons. The third kappa shape index (κ3) is 1.65. The minimum Gasteiger partial charge on any atom is -0.391 e. The molecule has 2 aliphatic rings. The molecule has 2 atom stereocenters. The molecule has 0 aromatic heterocycles. The van der Waals surface area contributed by atoms with Crippen LogP contribution in [0, 0.1) is 5.92 Å². The van der Waals surface area contributed by atoms with Crippen LogP contribution in [0.15, 0.2) is 23.4 Å². The number of Topliss-reactive ketones (excluding diaryl/α,β-unsaturated/α-hetero) is 1. The van der Waals surface area contributed by atoms with Crippen molar-refractivity contribution in [3.05, 3.63) is 33.8 Å². The second kappa shape index (κ2) is 4.00. The van der Waals surface area contributed by atoms with Gasteiger partial charge in [-0.3, -0.25) is 4.79 Å². The lowest BCUT2D eigenvalue weighted by atomic mass is 9.93. The predicted octanol–water partition coefficient (Wildman–Crippen LogP) is 3.08. The second-order valence-electron chi connectivity index (χ2n) is 4.20. The normalized spacial score (nSPS) is 26.7. The van der Waals surface area contributed by atoms with E-state index in [0.717, 1.165) is 6.42 Å². The molecule has 5 heteroatoms. The Hall–Kier alpha value is -1.06. The van der Waals surface area contributed by atoms with Gasteiger partial charge in [-0.15, -0.1) is 0 Å². The Bertz CT molecular complexity index is 507. The first-order valence-corrected chi connectivity index (χ1v) is 6.15. The van der Waals surface area contributed by atoms with Crippen molar-refractivity contribution in [3.8, 4) is 0 Å². The van der Waals surface area contributed by atoms with Gasteiger partial charge in [0.1, 0.15) is 23.5 Å². The number of ketones is 1. The lowest BCUT2D eigenvalue weighted by molar-refractivity contribution is -0.119. The van der Waals surface area contributed by atoms with E-state index in [1.54, 1.807) is 18.2 Å². The number of carbonyl (C=O) groups is 1. The number of hydrogen-bond acceptors (Lipinski definition) is 3. The molecule has 88 valence electrons. The monoisotopic (exact) mass is 269 g/mol. The van der Waals surface area contributed by atoms with Crippen LogP contribution in [0.3, 0.4) is 0 Å². The Balaban J connectivity index is 2.08. The highest BCUT2D eigenvalue weighted by Gasteiger charge is 2.45. The molecule has 1 saturated carbocycles. The summed E-state index contributed by atoms with van der Waals surface area (Å²) in [5, 5.41) is 4.99. The summed E-state index contributed by atoms with van der Waals surface area (Å²) in [6.45, 7) is 0. The molecule has 0 unspecified atom stereocenters. The highest BCUT2D eigenvalue weighted by Crippen LogP contribution is 2.37. The van der Waals surface area contributed by atoms with Gasteiger partial charge in [0.15, 0.2) is 0 Å². The van der Waals surface area contributed by atoms with Crippen molar-refractivity contribution in [1.29, 1.82) is 0 Å². The number of fused-ring (bicyclic) bond motifs is 1. The minimum absolute atomic E-state index is 0.134. The first-order valence-electron chi connectivity index (χ1n) is 5.39. The van der Waals surface area contributed by atoms with Crippen molar-refractivity contribution in [3.63, 3.8) is 0 Å². The number of carbonyl (C=O) groups excluding carboxylic acids is 1. The summed E-state index contributed by atoms with van der Waals surface area (Å²) in [6.07, 6.45) is 1.12. The summed E-state index contributed by atoms with van der Waals surface area (Å²) in [4.78, 5) is 17.1. The number of nitrogens with zero attached hydrogens (tertiary/aromatic N) is 1. The second-order valence-corrected chi connectivity index (χ2v) is 5.01. The molecular formula is C12H9Cl2NO2. The lowest BCUT2D eigenvalue weighted by Gasteiger charge is -2.10. The molecule has 1 fully saturated rings. The third-order valence-corrected chi connectivity index (χ3v) is 3.82. The van der Waals surface area contributed by atoms with Crippen molar-refractivity contribution in [2.45, 2.75) is 18.9 Å². The maximum absolute atomic E-state index is 11.8. The molecule has 0 spiro atoms. The Morgan fingerprint density at radius 1 is 1.29 bits per heavy atom. The van der Waals surface area contributed by atoms with Gasteiger partial charge >= 0.3 is 0 Å². The van der Waals surface area contributed by atoms with Crippen LogP contribution in [0.4, 0.5) is 0 Å². The van der Waals surface area contributed by atoms with Crippen LogP contribution in [-0.2, 0) is 9.63 Å². The molecule has 1 aliphatic heterocycles. The Morgan fingerprint density at radius 2 is 2.00 bits per heavy atom. The van der Waals surface area contributed by atoms with Gasteiger partial charge in [0.25, 0.3) is 0 Å². The van der Waals surface area contributed by atoms with Crippen LogP contribution >= 0.6 is 23.2 Å². The molecule has 0 N–H and O–H groups in total. The SMILES string of the molecule is O=C1CC[C@@H]2ON=C(c3c(Cl)cccc3Cl)[C@H]12. The van der Waals surface area contributed by atoms with Crippen molar-refractivity contribution in [2.75, 3.05) is 0 Å². The fourth-order valence-corrected chi connectivity index (χ4v) is 2.97. The first-order chi connectivity index (χ1) is 8.18. The first kappa shape index (κ1) is 11.1. The minimum atomic E-state index is -0.299. The maximum atomic E-state index is 11.8. The fourth-order valence-electron chi connectivity index (χ4n) is 2.38. The van der Waals surface area contributed by atoms with E-state index in [4.69, 9.17) is 28.0 Å². The average molecular weight is 270 g/mol. The molecule has 3 rings (SSSR count). The van der Waals surface area contributed by atoms with Crippen LogP contribution in [0.5, 0.6) is 0 Å². The molecule has 0 saturated heterocycles. The topological polar surface area (TPSA) is 38.7 Å². The number of oxime groups is 1. The molecule has 17 heavy (non-hydrogen) atoms. The molecular weight excluding hydrogens is 261 g/mol. The van der Waals surface area contributed by atoms with Crippen molar-refractivity contribution >= 4 is 34.7 Å². The molecule has 1 aliphatic carbocycles. The molecule has 1 aromatic carbocycles. The van der Waals surface area contributed by atoms with Gasteiger partial charge < -0.3 is 4.84 Å². The van der Waals surface area contributed by atoms with E-state index in [0.29, 0.717) is 27.7 Å². The summed E-state index contributed by atoms with van der Waals surface area (Å²) in [5.74, 6) is -0.144. The summed E-state index contributed by atoms with van der Waals surface area (Å²) < 4.78 is 0. The smallest absolute Gasteiger partial charge is 0.146 e. The van der Waals surface area contributed by atoms with Gasteiger partial charge in [-0.05, 0) is 18.6 Å². The molecule has 3 nitrogen and oxygen atoms in total. The van der Waals surface area contributed by atoms with Crippen molar-refractivity contribution in [2.24, 2.45) is 11.1 Å². The van der Waals surface area contributed by atoms with Gasteiger partial charge in [0.05, 0.1) is 10.0 Å². The number of benzene rings is 1. The number of hydrogen-bond donors (Lipinski definition) is 0. The fraction of sp³-hybridized carbons (Fsp3) is 0.333. The summed E-state index contributed by atoms with van der Waals surface area (Å²) in [6, 6.07) is 5.23. The quantitative estimate of drug-likeness (QED) is 0.786. The van der Waals surface area contributed by atoms with Crippen molar-refractivity contribution < 1.29 is 9.63 Å². The van der Waals surface area contributed by atoms with Gasteiger partial charge in [0.2, 0.25) is 0 Å². The van der Waals surface area contributed by atoms with Gasteiger partial charge in [-0.25, -0.2) is 0 Å². The zero-order valence-electron chi connectivity index (χ0n) is 8.82. The van der Waals surface area contributed by atoms with E-state index in [1.807, 2.05) is 0 Å². The molecule has 0 bridgehead atoms. The maximum Gasteiger partial charge on any atom is 0.146 e. The summed E-state index contributed by atoms with van der Waals surface area (Å²) >= 11 is 12.2. The highest BCUT2D eigenvalue weighted by atomic mass is 35.5. The lowest BCUT2D eigenvalue weighted by Crippen LogP contribution is -2.24. The Morgan fingerprint density at radius 3 is 2.71 bits per heavy atom. The number of rotatable bonds is 1. The highest BCUT2D eigenvalue weighted by molar-refractivity contribution is 6.41. The zero-order chi connectivity index (χ0) is 12.0. The van der Waals surface area contributed by atoms with Crippen LogP contribution in [-0.4, -0.2) is 17.6 Å². The van der Waals surface area contributed by atoms with Gasteiger partial charge in [0, 0.05) is 12.0 Å². The average Bonchev–Trinajstić information content (AvgIpc) is 2.83. The summed E-state index contributed by atoms with van der Waals surface area (Å²) in [7, 11) is 0. The molecule has 1 aromatic rings. The van der Waals surface area contributed by atoms with Gasteiger partial charge in [-0.1, -0.05) is 34.4 Å². The molecule has 0 amide bonds.